The number of hydrogen-bond donors (Lipinski definition) is 1. The smallest absolute Gasteiger partial charge is 0.230 e. The lowest BCUT2D eigenvalue weighted by Crippen LogP contribution is -2.29. The molecule has 0 aliphatic rings. The molecule has 2 nitrogen and oxygen atoms in total. The minimum Gasteiger partial charge on any atom is -0.355 e. The Hall–Kier alpha value is -1.74. The molecule has 1 amide bonds. The Bertz CT molecular complexity index is 619. The van der Waals surface area contributed by atoms with Gasteiger partial charge in [-0.05, 0) is 30.9 Å². The summed E-state index contributed by atoms with van der Waals surface area (Å²) in [6.07, 6.45) is 0. The summed E-state index contributed by atoms with van der Waals surface area (Å²) in [5.41, 5.74) is 5.11. The van der Waals surface area contributed by atoms with Crippen LogP contribution in [0.15, 0.2) is 48.5 Å². The Labute approximate surface area is 143 Å². The van der Waals surface area contributed by atoms with Gasteiger partial charge in [-0.3, -0.25) is 4.79 Å². The molecule has 1 atom stereocenters. The van der Waals surface area contributed by atoms with Gasteiger partial charge in [0.05, 0.1) is 5.75 Å². The number of aryl methyl sites for hydroxylation is 2. The minimum atomic E-state index is 0.113. The van der Waals surface area contributed by atoms with E-state index < -0.39 is 0 Å². The number of nitrogens with one attached hydrogen (secondary N) is 1. The van der Waals surface area contributed by atoms with E-state index in [2.05, 4.69) is 56.4 Å². The quantitative estimate of drug-likeness (QED) is 0.813. The van der Waals surface area contributed by atoms with Crippen molar-refractivity contribution in [2.45, 2.75) is 32.4 Å². The molecule has 1 N–H and O–H groups in total. The third-order valence-corrected chi connectivity index (χ3v) is 4.76. The van der Waals surface area contributed by atoms with Crippen LogP contribution in [0, 0.1) is 13.8 Å². The van der Waals surface area contributed by atoms with Crippen molar-refractivity contribution in [2.24, 2.45) is 0 Å². The van der Waals surface area contributed by atoms with Crippen LogP contribution in [0.25, 0.3) is 0 Å². The third-order valence-electron chi connectivity index (χ3n) is 3.76. The average Bonchev–Trinajstić information content (AvgIpc) is 2.52. The third kappa shape index (κ3) is 6.11. The van der Waals surface area contributed by atoms with Crippen molar-refractivity contribution in [1.82, 2.24) is 5.32 Å². The van der Waals surface area contributed by atoms with Gasteiger partial charge >= 0.3 is 0 Å². The average molecular weight is 327 g/mol. The monoisotopic (exact) mass is 327 g/mol. The number of carbonyl (C=O) groups excluding carboxylic acids is 1. The first kappa shape index (κ1) is 17.6. The maximum absolute atomic E-state index is 12.0. The Morgan fingerprint density at radius 1 is 1.09 bits per heavy atom. The molecule has 0 aliphatic heterocycles. The maximum Gasteiger partial charge on any atom is 0.230 e. The van der Waals surface area contributed by atoms with Gasteiger partial charge in [0.1, 0.15) is 0 Å². The van der Waals surface area contributed by atoms with Crippen LogP contribution in [0.5, 0.6) is 0 Å². The van der Waals surface area contributed by atoms with Crippen molar-refractivity contribution in [3.63, 3.8) is 0 Å². The van der Waals surface area contributed by atoms with Gasteiger partial charge in [-0.1, -0.05) is 66.6 Å². The van der Waals surface area contributed by atoms with Crippen molar-refractivity contribution in [1.29, 1.82) is 0 Å². The lowest BCUT2D eigenvalue weighted by molar-refractivity contribution is -0.118. The van der Waals surface area contributed by atoms with Crippen LogP contribution in [0.4, 0.5) is 0 Å². The fraction of sp³-hybridized carbons (Fsp3) is 0.350. The van der Waals surface area contributed by atoms with Gasteiger partial charge in [0, 0.05) is 12.3 Å². The largest absolute Gasteiger partial charge is 0.355 e. The van der Waals surface area contributed by atoms with Crippen molar-refractivity contribution in [2.75, 3.05) is 12.3 Å². The molecule has 23 heavy (non-hydrogen) atoms. The van der Waals surface area contributed by atoms with Crippen molar-refractivity contribution in [3.05, 3.63) is 70.8 Å². The summed E-state index contributed by atoms with van der Waals surface area (Å²) in [5.74, 6) is 1.84. The van der Waals surface area contributed by atoms with Crippen LogP contribution in [0.2, 0.25) is 0 Å². The van der Waals surface area contributed by atoms with E-state index in [0.29, 0.717) is 18.2 Å². The summed E-state index contributed by atoms with van der Waals surface area (Å²) in [6, 6.07) is 16.8. The molecule has 0 radical (unpaired) electrons. The van der Waals surface area contributed by atoms with Gasteiger partial charge in [-0.15, -0.1) is 11.8 Å². The zero-order valence-electron chi connectivity index (χ0n) is 14.1. The molecule has 0 fully saturated rings. The summed E-state index contributed by atoms with van der Waals surface area (Å²) in [6.45, 7) is 7.04. The molecule has 122 valence electrons. The summed E-state index contributed by atoms with van der Waals surface area (Å²) in [4.78, 5) is 12.0. The summed E-state index contributed by atoms with van der Waals surface area (Å²) >= 11 is 1.67. The molecule has 0 unspecified atom stereocenters. The van der Waals surface area contributed by atoms with Crippen LogP contribution >= 0.6 is 11.8 Å². The first-order chi connectivity index (χ1) is 11.0. The molecule has 0 saturated carbocycles. The van der Waals surface area contributed by atoms with E-state index in [0.717, 1.165) is 5.75 Å². The predicted octanol–water partition coefficient (Wildman–Crippen LogP) is 4.46. The zero-order valence-corrected chi connectivity index (χ0v) is 15.0. The Morgan fingerprint density at radius 2 is 1.74 bits per heavy atom. The lowest BCUT2D eigenvalue weighted by Gasteiger charge is -2.13. The van der Waals surface area contributed by atoms with E-state index in [1.54, 1.807) is 11.8 Å². The highest BCUT2D eigenvalue weighted by molar-refractivity contribution is 7.99. The maximum atomic E-state index is 12.0. The number of benzene rings is 2. The summed E-state index contributed by atoms with van der Waals surface area (Å²) < 4.78 is 0. The molecular weight excluding hydrogens is 302 g/mol. The van der Waals surface area contributed by atoms with Crippen molar-refractivity contribution < 1.29 is 4.79 Å². The highest BCUT2D eigenvalue weighted by Gasteiger charge is 2.07. The summed E-state index contributed by atoms with van der Waals surface area (Å²) in [7, 11) is 0. The molecule has 3 heteroatoms. The van der Waals surface area contributed by atoms with E-state index in [4.69, 9.17) is 0 Å². The summed E-state index contributed by atoms with van der Waals surface area (Å²) in [5, 5.41) is 3.03. The van der Waals surface area contributed by atoms with Crippen molar-refractivity contribution in [3.8, 4) is 0 Å². The number of carbonyl (C=O) groups is 1. The van der Waals surface area contributed by atoms with Crippen LogP contribution in [0.1, 0.15) is 35.1 Å². The topological polar surface area (TPSA) is 29.1 Å². The second-order valence-corrected chi connectivity index (χ2v) is 7.09. The predicted molar refractivity (Wildman–Crippen MR) is 99.9 cm³/mol. The SMILES string of the molecule is Cc1cc(C)cc(CSCC(=O)NC[C@H](C)c2ccccc2)c1. The second-order valence-electron chi connectivity index (χ2n) is 6.10. The van der Waals surface area contributed by atoms with Gasteiger partial charge in [0.25, 0.3) is 0 Å². The number of thioether (sulfide) groups is 1. The van der Waals surface area contributed by atoms with Crippen LogP contribution in [-0.4, -0.2) is 18.2 Å². The molecule has 0 aromatic heterocycles. The van der Waals surface area contributed by atoms with Gasteiger partial charge in [-0.25, -0.2) is 0 Å². The molecule has 0 spiro atoms. The highest BCUT2D eigenvalue weighted by atomic mass is 32.2. The van der Waals surface area contributed by atoms with Crippen molar-refractivity contribution >= 4 is 17.7 Å². The molecule has 2 aromatic carbocycles. The van der Waals surface area contributed by atoms with Crippen LogP contribution in [0.3, 0.4) is 0 Å². The van der Waals surface area contributed by atoms with E-state index in [-0.39, 0.29) is 5.91 Å². The van der Waals surface area contributed by atoms with E-state index in [1.807, 2.05) is 18.2 Å². The molecule has 0 bridgehead atoms. The van der Waals surface area contributed by atoms with E-state index in [1.165, 1.54) is 22.3 Å². The first-order valence-corrected chi connectivity index (χ1v) is 9.16. The van der Waals surface area contributed by atoms with Gasteiger partial charge in [-0.2, -0.15) is 0 Å². The molecule has 0 saturated heterocycles. The fourth-order valence-electron chi connectivity index (χ4n) is 2.63. The van der Waals surface area contributed by atoms with E-state index in [9.17, 15) is 4.79 Å². The molecule has 2 aromatic rings. The first-order valence-electron chi connectivity index (χ1n) is 8.01. The fourth-order valence-corrected chi connectivity index (χ4v) is 3.42. The standard InChI is InChI=1S/C20H25NOS/c1-15-9-16(2)11-18(10-15)13-23-14-20(22)21-12-17(3)19-7-5-4-6-8-19/h4-11,17H,12-14H2,1-3H3,(H,21,22)/t17-/m0/s1. The molecule has 2 rings (SSSR count). The Balaban J connectivity index is 1.71. The Kier molecular flexibility index (Phi) is 6.72. The Morgan fingerprint density at radius 3 is 2.39 bits per heavy atom. The van der Waals surface area contributed by atoms with Gasteiger partial charge in [0.2, 0.25) is 5.91 Å². The van der Waals surface area contributed by atoms with Crippen LogP contribution < -0.4 is 5.32 Å². The highest BCUT2D eigenvalue weighted by Crippen LogP contribution is 2.16. The zero-order chi connectivity index (χ0) is 16.7. The molecular formula is C20H25NOS. The number of amides is 1. The van der Waals surface area contributed by atoms with E-state index >= 15 is 0 Å². The second kappa shape index (κ2) is 8.78. The number of hydrogen-bond acceptors (Lipinski definition) is 2. The number of rotatable bonds is 7. The van der Waals surface area contributed by atoms with Crippen LogP contribution in [-0.2, 0) is 10.5 Å². The molecule has 0 heterocycles. The normalized spacial score (nSPS) is 12.0. The van der Waals surface area contributed by atoms with Gasteiger partial charge in [0.15, 0.2) is 0 Å². The van der Waals surface area contributed by atoms with Gasteiger partial charge < -0.3 is 5.32 Å². The lowest BCUT2D eigenvalue weighted by atomic mass is 10.0. The minimum absolute atomic E-state index is 0.113. The molecule has 0 aliphatic carbocycles.